The molecule has 1 aliphatic heterocycles. The lowest BCUT2D eigenvalue weighted by atomic mass is 9.73. The lowest BCUT2D eigenvalue weighted by Gasteiger charge is -2.41. The number of H-pyrrole nitrogens is 1. The molecule has 0 saturated carbocycles. The number of aromatic amines is 1. The lowest BCUT2D eigenvalue weighted by molar-refractivity contribution is -0.138. The number of carbonyl (C=O) groups excluding carboxylic acids is 2. The molecule has 8 heteroatoms. The number of nitrogens with one attached hydrogen (secondary N) is 2. The Bertz CT molecular complexity index is 1300. The standard InChI is InChI=1S/C28H34N4O4/c1-27(2,29)26(36)31-21(14-17-16-30-20-8-4-3-6-18(17)20)25(35)32-12-10-28(11-13-32)15-23(34)24-19(28)7-5-9-22(24)33/h3-9,16,21,23,30,33-34H,10-15,29H2,1-2H3,(H,31,36)/t21-,23+/m1/s1. The molecule has 1 aliphatic carbocycles. The molecule has 0 radical (unpaired) electrons. The summed E-state index contributed by atoms with van der Waals surface area (Å²) in [5.74, 6) is -0.388. The van der Waals surface area contributed by atoms with Crippen LogP contribution in [0.15, 0.2) is 48.7 Å². The Kier molecular flexibility index (Phi) is 6.04. The van der Waals surface area contributed by atoms with Crippen LogP contribution in [0.3, 0.4) is 0 Å². The normalized spacial score (nSPS) is 19.9. The van der Waals surface area contributed by atoms with Crippen molar-refractivity contribution in [2.75, 3.05) is 13.1 Å². The number of benzene rings is 2. The summed E-state index contributed by atoms with van der Waals surface area (Å²) in [5.41, 5.74) is 8.18. The summed E-state index contributed by atoms with van der Waals surface area (Å²) < 4.78 is 0. The van der Waals surface area contributed by atoms with Crippen molar-refractivity contribution in [3.63, 3.8) is 0 Å². The monoisotopic (exact) mass is 490 g/mol. The number of rotatable bonds is 5. The highest BCUT2D eigenvalue weighted by atomic mass is 16.3. The second kappa shape index (κ2) is 8.94. The minimum atomic E-state index is -1.11. The van der Waals surface area contributed by atoms with E-state index in [-0.39, 0.29) is 23.0 Å². The molecule has 1 aromatic heterocycles. The van der Waals surface area contributed by atoms with E-state index in [1.165, 1.54) is 0 Å². The zero-order chi connectivity index (χ0) is 25.7. The summed E-state index contributed by atoms with van der Waals surface area (Å²) in [6.45, 7) is 4.26. The van der Waals surface area contributed by atoms with Gasteiger partial charge in [-0.2, -0.15) is 0 Å². The number of aromatic hydroxyl groups is 1. The fourth-order valence-electron chi connectivity index (χ4n) is 5.86. The van der Waals surface area contributed by atoms with Crippen LogP contribution in [-0.4, -0.2) is 56.6 Å². The van der Waals surface area contributed by atoms with E-state index < -0.39 is 17.7 Å². The van der Waals surface area contributed by atoms with Gasteiger partial charge < -0.3 is 31.1 Å². The Labute approximate surface area is 210 Å². The summed E-state index contributed by atoms with van der Waals surface area (Å²) in [4.78, 5) is 31.6. The second-order valence-corrected chi connectivity index (χ2v) is 10.9. The summed E-state index contributed by atoms with van der Waals surface area (Å²) in [6.07, 6.45) is 3.44. The van der Waals surface area contributed by atoms with Crippen LogP contribution in [0, 0.1) is 0 Å². The number of phenolic OH excluding ortho intramolecular Hbond substituents is 1. The number of fused-ring (bicyclic) bond motifs is 3. The van der Waals surface area contributed by atoms with Crippen LogP contribution in [0.5, 0.6) is 5.75 Å². The van der Waals surface area contributed by atoms with E-state index in [1.54, 1.807) is 19.9 Å². The van der Waals surface area contributed by atoms with Gasteiger partial charge in [0.1, 0.15) is 11.8 Å². The van der Waals surface area contributed by atoms with Crippen molar-refractivity contribution >= 4 is 22.7 Å². The quantitative estimate of drug-likeness (QED) is 0.375. The van der Waals surface area contributed by atoms with E-state index >= 15 is 0 Å². The van der Waals surface area contributed by atoms with Gasteiger partial charge >= 0.3 is 0 Å². The van der Waals surface area contributed by atoms with E-state index in [2.05, 4.69) is 10.3 Å². The maximum atomic E-state index is 13.8. The third-order valence-electron chi connectivity index (χ3n) is 7.89. The van der Waals surface area contributed by atoms with Crippen molar-refractivity contribution in [2.24, 2.45) is 5.73 Å². The molecule has 36 heavy (non-hydrogen) atoms. The number of phenols is 1. The van der Waals surface area contributed by atoms with Gasteiger partial charge in [-0.05, 0) is 56.4 Å². The van der Waals surface area contributed by atoms with Crippen molar-refractivity contribution in [1.82, 2.24) is 15.2 Å². The number of hydrogen-bond donors (Lipinski definition) is 5. The van der Waals surface area contributed by atoms with Gasteiger partial charge in [0.05, 0.1) is 11.6 Å². The number of para-hydroxylation sites is 1. The number of aromatic nitrogens is 1. The summed E-state index contributed by atoms with van der Waals surface area (Å²) >= 11 is 0. The Morgan fingerprint density at radius 2 is 1.92 bits per heavy atom. The molecule has 2 amide bonds. The zero-order valence-electron chi connectivity index (χ0n) is 20.8. The Morgan fingerprint density at radius 1 is 1.19 bits per heavy atom. The van der Waals surface area contributed by atoms with Crippen molar-refractivity contribution in [2.45, 2.75) is 62.6 Å². The van der Waals surface area contributed by atoms with Crippen molar-refractivity contribution < 1.29 is 19.8 Å². The first-order chi connectivity index (χ1) is 17.1. The number of hydrogen-bond acceptors (Lipinski definition) is 5. The lowest BCUT2D eigenvalue weighted by Crippen LogP contribution is -2.58. The third kappa shape index (κ3) is 4.24. The first-order valence-electron chi connectivity index (χ1n) is 12.5. The van der Waals surface area contributed by atoms with Crippen LogP contribution in [0.1, 0.15) is 55.9 Å². The predicted molar refractivity (Wildman–Crippen MR) is 137 cm³/mol. The van der Waals surface area contributed by atoms with E-state index in [0.717, 1.165) is 22.0 Å². The number of piperidine rings is 1. The van der Waals surface area contributed by atoms with E-state index in [9.17, 15) is 19.8 Å². The average Bonchev–Trinajstić information content (AvgIpc) is 3.37. The van der Waals surface area contributed by atoms with Crippen LogP contribution in [0.4, 0.5) is 0 Å². The van der Waals surface area contributed by atoms with Crippen LogP contribution >= 0.6 is 0 Å². The molecule has 1 fully saturated rings. The Balaban J connectivity index is 1.36. The predicted octanol–water partition coefficient (Wildman–Crippen LogP) is 2.64. The summed E-state index contributed by atoms with van der Waals surface area (Å²) in [5, 5.41) is 24.9. The average molecular weight is 491 g/mol. The fourth-order valence-corrected chi connectivity index (χ4v) is 5.86. The van der Waals surface area contributed by atoms with Crippen LogP contribution in [-0.2, 0) is 21.4 Å². The zero-order valence-corrected chi connectivity index (χ0v) is 20.8. The van der Waals surface area contributed by atoms with Crippen molar-refractivity contribution in [3.05, 3.63) is 65.4 Å². The minimum Gasteiger partial charge on any atom is -0.508 e. The summed E-state index contributed by atoms with van der Waals surface area (Å²) in [7, 11) is 0. The van der Waals surface area contributed by atoms with Crippen LogP contribution < -0.4 is 11.1 Å². The fraction of sp³-hybridized carbons (Fsp3) is 0.429. The number of nitrogens with zero attached hydrogens (tertiary/aromatic N) is 1. The van der Waals surface area contributed by atoms with Gasteiger partial charge in [0.25, 0.3) is 0 Å². The Hall–Kier alpha value is -3.36. The molecule has 6 N–H and O–H groups in total. The van der Waals surface area contributed by atoms with Gasteiger partial charge in [-0.25, -0.2) is 0 Å². The largest absolute Gasteiger partial charge is 0.508 e. The number of carbonyl (C=O) groups is 2. The number of likely N-dealkylation sites (tertiary alicyclic amines) is 1. The number of aliphatic hydroxyl groups excluding tert-OH is 1. The minimum absolute atomic E-state index is 0.126. The molecule has 2 aromatic carbocycles. The van der Waals surface area contributed by atoms with Gasteiger partial charge in [0, 0.05) is 47.6 Å². The molecular weight excluding hydrogens is 456 g/mol. The molecule has 2 heterocycles. The van der Waals surface area contributed by atoms with E-state index in [0.29, 0.717) is 44.3 Å². The molecule has 5 rings (SSSR count). The molecule has 1 saturated heterocycles. The molecule has 8 nitrogen and oxygen atoms in total. The topological polar surface area (TPSA) is 132 Å². The molecule has 0 unspecified atom stereocenters. The van der Waals surface area contributed by atoms with E-state index in [1.807, 2.05) is 47.5 Å². The maximum absolute atomic E-state index is 13.8. The highest BCUT2D eigenvalue weighted by Crippen LogP contribution is 2.53. The van der Waals surface area contributed by atoms with Gasteiger partial charge in [-0.15, -0.1) is 0 Å². The van der Waals surface area contributed by atoms with E-state index in [4.69, 9.17) is 5.73 Å². The van der Waals surface area contributed by atoms with Gasteiger partial charge in [0.15, 0.2) is 0 Å². The molecule has 3 aromatic rings. The van der Waals surface area contributed by atoms with Gasteiger partial charge in [-0.3, -0.25) is 9.59 Å². The van der Waals surface area contributed by atoms with Crippen LogP contribution in [0.25, 0.3) is 10.9 Å². The first kappa shape index (κ1) is 24.3. The van der Waals surface area contributed by atoms with Gasteiger partial charge in [0.2, 0.25) is 11.8 Å². The molecule has 2 atom stereocenters. The molecular formula is C28H34N4O4. The SMILES string of the molecule is CC(C)(N)C(=O)N[C@H](Cc1c[nH]c2ccccc12)C(=O)N1CCC2(CC1)C[C@H](O)c1c(O)cccc12. The Morgan fingerprint density at radius 3 is 2.64 bits per heavy atom. The van der Waals surface area contributed by atoms with Crippen molar-refractivity contribution in [1.29, 1.82) is 0 Å². The number of amides is 2. The maximum Gasteiger partial charge on any atom is 0.245 e. The third-order valence-corrected chi connectivity index (χ3v) is 7.89. The summed E-state index contributed by atoms with van der Waals surface area (Å²) in [6, 6.07) is 12.5. The van der Waals surface area contributed by atoms with Crippen LogP contribution in [0.2, 0.25) is 0 Å². The van der Waals surface area contributed by atoms with Crippen molar-refractivity contribution in [3.8, 4) is 5.75 Å². The number of aliphatic hydroxyl groups is 1. The molecule has 2 aliphatic rings. The highest BCUT2D eigenvalue weighted by Gasteiger charge is 2.47. The number of nitrogens with two attached hydrogens (primary N) is 1. The second-order valence-electron chi connectivity index (χ2n) is 10.9. The first-order valence-corrected chi connectivity index (χ1v) is 12.5. The smallest absolute Gasteiger partial charge is 0.245 e. The highest BCUT2D eigenvalue weighted by molar-refractivity contribution is 5.92. The van der Waals surface area contributed by atoms with Gasteiger partial charge in [-0.1, -0.05) is 30.3 Å². The molecule has 0 bridgehead atoms. The molecule has 1 spiro atoms. The molecule has 190 valence electrons.